The van der Waals surface area contributed by atoms with Crippen molar-refractivity contribution in [2.45, 2.75) is 13.5 Å². The normalized spacial score (nSPS) is 10.7. The van der Waals surface area contributed by atoms with Crippen LogP contribution in [-0.4, -0.2) is 11.4 Å². The van der Waals surface area contributed by atoms with E-state index >= 15 is 0 Å². The number of hydrogen-bond donors (Lipinski definition) is 1. The van der Waals surface area contributed by atoms with Gasteiger partial charge < -0.3 is 17.6 Å². The molecule has 0 saturated heterocycles. The SMILES string of the molecule is CC[n+]1c(C=NO)sc2ccccc21.[Cl-]. The number of nitrogens with zero attached hydrogens (tertiary/aromatic N) is 2. The van der Waals surface area contributed by atoms with E-state index in [4.69, 9.17) is 5.21 Å². The highest BCUT2D eigenvalue weighted by atomic mass is 35.5. The molecule has 2 rings (SSSR count). The molecule has 1 aromatic heterocycles. The molecule has 0 aliphatic rings. The van der Waals surface area contributed by atoms with E-state index in [0.717, 1.165) is 11.6 Å². The zero-order valence-corrected chi connectivity index (χ0v) is 9.79. The van der Waals surface area contributed by atoms with Crippen molar-refractivity contribution >= 4 is 27.8 Å². The molecule has 80 valence electrons. The monoisotopic (exact) mass is 242 g/mol. The van der Waals surface area contributed by atoms with Crippen LogP contribution in [0.15, 0.2) is 29.4 Å². The summed E-state index contributed by atoms with van der Waals surface area (Å²) < 4.78 is 3.34. The molecule has 0 radical (unpaired) electrons. The number of benzene rings is 1. The molecule has 0 amide bonds. The summed E-state index contributed by atoms with van der Waals surface area (Å²) in [5.41, 5.74) is 1.19. The van der Waals surface area contributed by atoms with Crippen molar-refractivity contribution in [1.82, 2.24) is 0 Å². The van der Waals surface area contributed by atoms with Crippen molar-refractivity contribution in [3.05, 3.63) is 29.3 Å². The Hall–Kier alpha value is -1.13. The minimum Gasteiger partial charge on any atom is -1.00 e. The van der Waals surface area contributed by atoms with E-state index in [2.05, 4.69) is 28.8 Å². The van der Waals surface area contributed by atoms with E-state index in [0.29, 0.717) is 0 Å². The first-order valence-electron chi connectivity index (χ1n) is 4.45. The van der Waals surface area contributed by atoms with Crippen molar-refractivity contribution in [2.24, 2.45) is 5.16 Å². The Balaban J connectivity index is 0.00000112. The maximum Gasteiger partial charge on any atom is 0.284 e. The summed E-state index contributed by atoms with van der Waals surface area (Å²) in [6, 6.07) is 8.17. The van der Waals surface area contributed by atoms with Crippen LogP contribution in [0.5, 0.6) is 0 Å². The highest BCUT2D eigenvalue weighted by Gasteiger charge is 2.16. The molecule has 0 aliphatic carbocycles. The third-order valence-corrected chi connectivity index (χ3v) is 3.22. The number of rotatable bonds is 2. The summed E-state index contributed by atoms with van der Waals surface area (Å²) in [4.78, 5) is 0. The van der Waals surface area contributed by atoms with Crippen molar-refractivity contribution in [2.75, 3.05) is 0 Å². The van der Waals surface area contributed by atoms with Crippen molar-refractivity contribution in [1.29, 1.82) is 0 Å². The fourth-order valence-electron chi connectivity index (χ4n) is 1.52. The molecule has 1 aromatic carbocycles. The van der Waals surface area contributed by atoms with Gasteiger partial charge in [-0.3, -0.25) is 0 Å². The van der Waals surface area contributed by atoms with Crippen molar-refractivity contribution in [3.8, 4) is 0 Å². The zero-order chi connectivity index (χ0) is 9.97. The first kappa shape index (κ1) is 11.9. The van der Waals surface area contributed by atoms with E-state index in [1.54, 1.807) is 11.3 Å². The van der Waals surface area contributed by atoms with Gasteiger partial charge in [-0.25, -0.2) is 0 Å². The molecule has 1 heterocycles. The summed E-state index contributed by atoms with van der Waals surface area (Å²) in [5.74, 6) is 0. The smallest absolute Gasteiger partial charge is 0.284 e. The van der Waals surface area contributed by atoms with Crippen LogP contribution in [0.1, 0.15) is 11.9 Å². The van der Waals surface area contributed by atoms with Crippen LogP contribution < -0.4 is 17.0 Å². The molecule has 0 atom stereocenters. The van der Waals surface area contributed by atoms with Crippen LogP contribution in [-0.2, 0) is 6.54 Å². The molecule has 1 N–H and O–H groups in total. The molecule has 0 saturated carbocycles. The van der Waals surface area contributed by atoms with Gasteiger partial charge in [0.05, 0.1) is 0 Å². The first-order valence-corrected chi connectivity index (χ1v) is 5.27. The van der Waals surface area contributed by atoms with E-state index in [1.165, 1.54) is 16.4 Å². The predicted molar refractivity (Wildman–Crippen MR) is 57.1 cm³/mol. The Kier molecular flexibility index (Phi) is 4.05. The Labute approximate surface area is 98.1 Å². The maximum absolute atomic E-state index is 8.53. The third-order valence-electron chi connectivity index (χ3n) is 2.12. The van der Waals surface area contributed by atoms with E-state index in [-0.39, 0.29) is 12.4 Å². The Morgan fingerprint density at radius 3 is 2.87 bits per heavy atom. The molecule has 0 bridgehead atoms. The lowest BCUT2D eigenvalue weighted by atomic mass is 10.3. The number of fused-ring (bicyclic) bond motifs is 1. The average Bonchev–Trinajstić information content (AvgIpc) is 2.55. The maximum atomic E-state index is 8.53. The number of hydrogen-bond acceptors (Lipinski definition) is 3. The van der Waals surface area contributed by atoms with Gasteiger partial charge in [0.15, 0.2) is 0 Å². The lowest BCUT2D eigenvalue weighted by molar-refractivity contribution is -0.664. The average molecular weight is 243 g/mol. The number of halogens is 1. The number of thiazole rings is 1. The van der Waals surface area contributed by atoms with Crippen LogP contribution in [0.2, 0.25) is 0 Å². The molecule has 0 fully saturated rings. The number of aryl methyl sites for hydroxylation is 1. The lowest BCUT2D eigenvalue weighted by Crippen LogP contribution is -3.00. The highest BCUT2D eigenvalue weighted by molar-refractivity contribution is 7.19. The topological polar surface area (TPSA) is 36.5 Å². The number of para-hydroxylation sites is 1. The fraction of sp³-hybridized carbons (Fsp3) is 0.200. The quantitative estimate of drug-likeness (QED) is 0.313. The summed E-state index contributed by atoms with van der Waals surface area (Å²) in [7, 11) is 0. The number of oxime groups is 1. The molecular weight excluding hydrogens is 232 g/mol. The van der Waals surface area contributed by atoms with E-state index in [9.17, 15) is 0 Å². The number of aromatic nitrogens is 1. The molecule has 3 nitrogen and oxygen atoms in total. The Bertz CT molecular complexity index is 481. The standard InChI is InChI=1S/C10H10N2OS.ClH/c1-2-12-8-5-3-4-6-9(8)14-10(12)7-11-13;/h3-7H,2H2,1H3;1H. The van der Waals surface area contributed by atoms with E-state index in [1.807, 2.05) is 12.1 Å². The van der Waals surface area contributed by atoms with Gasteiger partial charge >= 0.3 is 0 Å². The van der Waals surface area contributed by atoms with Crippen molar-refractivity contribution < 1.29 is 22.2 Å². The second-order valence-electron chi connectivity index (χ2n) is 2.90. The summed E-state index contributed by atoms with van der Waals surface area (Å²) in [6.45, 7) is 2.96. The summed E-state index contributed by atoms with van der Waals surface area (Å²) >= 11 is 1.63. The minimum absolute atomic E-state index is 0. The van der Waals surface area contributed by atoms with Gasteiger partial charge in [0, 0.05) is 6.07 Å². The second kappa shape index (κ2) is 5.09. The van der Waals surface area contributed by atoms with Gasteiger partial charge in [0.1, 0.15) is 17.5 Å². The van der Waals surface area contributed by atoms with Gasteiger partial charge in [-0.1, -0.05) is 28.6 Å². The zero-order valence-electron chi connectivity index (χ0n) is 8.22. The van der Waals surface area contributed by atoms with Crippen molar-refractivity contribution in [3.63, 3.8) is 0 Å². The first-order chi connectivity index (χ1) is 6.86. The van der Waals surface area contributed by atoms with Crippen LogP contribution in [0.3, 0.4) is 0 Å². The van der Waals surface area contributed by atoms with Crippen LogP contribution in [0.25, 0.3) is 10.2 Å². The fourth-order valence-corrected chi connectivity index (χ4v) is 2.62. The second-order valence-corrected chi connectivity index (χ2v) is 3.96. The highest BCUT2D eigenvalue weighted by Crippen LogP contribution is 2.18. The molecule has 0 aliphatic heterocycles. The molecule has 2 aromatic rings. The van der Waals surface area contributed by atoms with Gasteiger partial charge in [0.2, 0.25) is 5.52 Å². The van der Waals surface area contributed by atoms with E-state index < -0.39 is 0 Å². The molecular formula is C10H11ClN2OS. The van der Waals surface area contributed by atoms with Gasteiger partial charge in [-0.15, -0.1) is 0 Å². The van der Waals surface area contributed by atoms with Crippen LogP contribution in [0, 0.1) is 0 Å². The Morgan fingerprint density at radius 2 is 2.20 bits per heavy atom. The minimum atomic E-state index is 0. The van der Waals surface area contributed by atoms with Crippen LogP contribution >= 0.6 is 11.3 Å². The van der Waals surface area contributed by atoms with Gasteiger partial charge in [-0.2, -0.15) is 4.57 Å². The molecule has 15 heavy (non-hydrogen) atoms. The summed E-state index contributed by atoms with van der Waals surface area (Å²) in [6.07, 6.45) is 1.48. The van der Waals surface area contributed by atoms with Crippen LogP contribution in [0.4, 0.5) is 0 Å². The largest absolute Gasteiger partial charge is 1.00 e. The van der Waals surface area contributed by atoms with Gasteiger partial charge in [-0.05, 0) is 13.0 Å². The summed E-state index contributed by atoms with van der Waals surface area (Å²) in [5, 5.41) is 12.6. The molecule has 5 heteroatoms. The van der Waals surface area contributed by atoms with Gasteiger partial charge in [0.25, 0.3) is 5.01 Å². The molecule has 0 spiro atoms. The molecule has 0 unspecified atom stereocenters. The predicted octanol–water partition coefficient (Wildman–Crippen LogP) is -0.979. The Morgan fingerprint density at radius 1 is 1.47 bits per heavy atom. The third kappa shape index (κ3) is 2.11. The lowest BCUT2D eigenvalue weighted by Gasteiger charge is -1.88.